The van der Waals surface area contributed by atoms with Gasteiger partial charge in [-0.1, -0.05) is 57.2 Å². The van der Waals surface area contributed by atoms with Crippen LogP contribution in [-0.2, 0) is 21.4 Å². The van der Waals surface area contributed by atoms with Crippen LogP contribution in [0.2, 0.25) is 0 Å². The fraction of sp³-hybridized carbons (Fsp3) is 0.345. The second-order valence-electron chi connectivity index (χ2n) is 10.7. The lowest BCUT2D eigenvalue weighted by molar-refractivity contribution is -0.157. The third-order valence-corrected chi connectivity index (χ3v) is 5.43. The van der Waals surface area contributed by atoms with Crippen LogP contribution in [0.25, 0.3) is 16.2 Å². The van der Waals surface area contributed by atoms with Crippen LogP contribution >= 0.6 is 0 Å². The summed E-state index contributed by atoms with van der Waals surface area (Å²) in [7, 11) is 0. The monoisotopic (exact) mass is 484 g/mol. The van der Waals surface area contributed by atoms with Gasteiger partial charge in [0.25, 0.3) is 5.91 Å². The van der Waals surface area contributed by atoms with E-state index in [0.29, 0.717) is 17.1 Å². The van der Waals surface area contributed by atoms with Crippen LogP contribution in [0.3, 0.4) is 0 Å². The molecular weight excluding hydrogens is 452 g/mol. The van der Waals surface area contributed by atoms with Gasteiger partial charge in [0.2, 0.25) is 5.69 Å². The van der Waals surface area contributed by atoms with E-state index in [1.165, 1.54) is 12.4 Å². The minimum Gasteiger partial charge on any atom is -0.458 e. The Kier molecular flexibility index (Phi) is 7.89. The van der Waals surface area contributed by atoms with Gasteiger partial charge in [-0.2, -0.15) is 0 Å². The van der Waals surface area contributed by atoms with E-state index in [-0.39, 0.29) is 17.7 Å². The maximum atomic E-state index is 13.0. The number of amides is 1. The van der Waals surface area contributed by atoms with E-state index in [4.69, 9.17) is 11.3 Å². The molecule has 0 aliphatic carbocycles. The van der Waals surface area contributed by atoms with E-state index in [1.807, 2.05) is 36.4 Å². The second kappa shape index (κ2) is 10.7. The average molecular weight is 485 g/mol. The molecule has 0 aliphatic rings. The Balaban J connectivity index is 1.78. The molecule has 0 bridgehead atoms. The molecule has 186 valence electrons. The summed E-state index contributed by atoms with van der Waals surface area (Å²) in [5.41, 5.74) is 2.89. The number of ether oxygens (including phenoxy) is 1. The minimum atomic E-state index is -0.862. The molecular formula is C29H32N4O3. The molecule has 7 heteroatoms. The predicted molar refractivity (Wildman–Crippen MR) is 140 cm³/mol. The van der Waals surface area contributed by atoms with Gasteiger partial charge < -0.3 is 10.1 Å². The number of aromatic nitrogens is 2. The Morgan fingerprint density at radius 2 is 1.53 bits per heavy atom. The van der Waals surface area contributed by atoms with Crippen molar-refractivity contribution in [3.8, 4) is 11.4 Å². The molecule has 36 heavy (non-hydrogen) atoms. The average Bonchev–Trinajstić information content (AvgIpc) is 2.82. The maximum absolute atomic E-state index is 13.0. The number of carbonyl (C=O) groups is 2. The van der Waals surface area contributed by atoms with Crippen molar-refractivity contribution in [3.05, 3.63) is 89.0 Å². The highest BCUT2D eigenvalue weighted by Gasteiger charge is 2.27. The van der Waals surface area contributed by atoms with Crippen molar-refractivity contribution in [1.82, 2.24) is 15.3 Å². The standard InChI is InChI=1S/C29H32N4O3/c1-28(2,3)22-14-12-21(13-15-22)26(34)33-24(27(35)36-29(4,5)6)16-19-8-10-20(11-9-19)25-31-17-23(30-7)18-32-25/h8-15,17-18,24H,16H2,1-6H3,(H,33,34)/t24-/m0/s1. The number of carbonyl (C=O) groups excluding carboxylic acids is 2. The first kappa shape index (κ1) is 26.6. The molecule has 1 amide bonds. The first-order valence-corrected chi connectivity index (χ1v) is 11.8. The number of nitrogens with one attached hydrogen (secondary N) is 1. The van der Waals surface area contributed by atoms with Crippen LogP contribution in [0.5, 0.6) is 0 Å². The van der Waals surface area contributed by atoms with Crippen molar-refractivity contribution < 1.29 is 14.3 Å². The van der Waals surface area contributed by atoms with Gasteiger partial charge in [0.05, 0.1) is 6.57 Å². The number of hydrogen-bond acceptors (Lipinski definition) is 5. The van der Waals surface area contributed by atoms with Crippen molar-refractivity contribution in [2.75, 3.05) is 0 Å². The molecule has 0 saturated carbocycles. The molecule has 3 rings (SSSR count). The Hall–Kier alpha value is -4.05. The number of hydrogen-bond donors (Lipinski definition) is 1. The Bertz CT molecular complexity index is 1240. The van der Waals surface area contributed by atoms with Crippen LogP contribution in [0.4, 0.5) is 5.69 Å². The number of rotatable bonds is 6. The van der Waals surface area contributed by atoms with Crippen LogP contribution in [-0.4, -0.2) is 33.5 Å². The molecule has 1 N–H and O–H groups in total. The topological polar surface area (TPSA) is 85.5 Å². The Labute approximate surface area is 212 Å². The van der Waals surface area contributed by atoms with E-state index in [1.54, 1.807) is 32.9 Å². The van der Waals surface area contributed by atoms with E-state index < -0.39 is 17.6 Å². The molecule has 1 aromatic heterocycles. The molecule has 0 fully saturated rings. The maximum Gasteiger partial charge on any atom is 0.329 e. The summed E-state index contributed by atoms with van der Waals surface area (Å²) in [5.74, 6) is -0.329. The highest BCUT2D eigenvalue weighted by atomic mass is 16.6. The first-order valence-electron chi connectivity index (χ1n) is 11.8. The van der Waals surface area contributed by atoms with Crippen LogP contribution in [0.15, 0.2) is 60.9 Å². The van der Waals surface area contributed by atoms with Gasteiger partial charge in [-0.05, 0) is 49.4 Å². The van der Waals surface area contributed by atoms with Gasteiger partial charge in [0, 0.05) is 29.9 Å². The lowest BCUT2D eigenvalue weighted by Crippen LogP contribution is -2.45. The summed E-state index contributed by atoms with van der Waals surface area (Å²) in [5, 5.41) is 2.85. The van der Waals surface area contributed by atoms with E-state index in [0.717, 1.165) is 16.7 Å². The molecule has 0 radical (unpaired) electrons. The summed E-state index contributed by atoms with van der Waals surface area (Å²) >= 11 is 0. The van der Waals surface area contributed by atoms with Gasteiger partial charge in [-0.15, -0.1) is 0 Å². The molecule has 7 nitrogen and oxygen atoms in total. The molecule has 2 aromatic carbocycles. The van der Waals surface area contributed by atoms with Crippen molar-refractivity contribution in [2.24, 2.45) is 0 Å². The van der Waals surface area contributed by atoms with Gasteiger partial charge in [0.1, 0.15) is 11.6 Å². The summed E-state index contributed by atoms with van der Waals surface area (Å²) in [6, 6.07) is 14.0. The van der Waals surface area contributed by atoms with E-state index in [2.05, 4.69) is 40.9 Å². The third-order valence-electron chi connectivity index (χ3n) is 5.43. The Morgan fingerprint density at radius 3 is 2.03 bits per heavy atom. The van der Waals surface area contributed by atoms with Crippen molar-refractivity contribution in [2.45, 2.75) is 65.0 Å². The number of benzene rings is 2. The molecule has 0 spiro atoms. The molecule has 1 heterocycles. The fourth-order valence-electron chi connectivity index (χ4n) is 3.48. The highest BCUT2D eigenvalue weighted by Crippen LogP contribution is 2.23. The smallest absolute Gasteiger partial charge is 0.329 e. The van der Waals surface area contributed by atoms with Gasteiger partial charge in [-0.25, -0.2) is 19.6 Å². The lowest BCUT2D eigenvalue weighted by Gasteiger charge is -2.25. The normalized spacial score (nSPS) is 12.4. The molecule has 3 aromatic rings. The SMILES string of the molecule is [C-]#[N+]c1cnc(-c2ccc(C[C@H](NC(=O)c3ccc(C(C)(C)C)cc3)C(=O)OC(C)(C)C)cc2)nc1. The minimum absolute atomic E-state index is 0.0236. The number of esters is 1. The summed E-state index contributed by atoms with van der Waals surface area (Å²) in [6.45, 7) is 18.7. The van der Waals surface area contributed by atoms with Crippen LogP contribution < -0.4 is 5.32 Å². The predicted octanol–water partition coefficient (Wildman–Crippen LogP) is 5.67. The van der Waals surface area contributed by atoms with E-state index >= 15 is 0 Å². The largest absolute Gasteiger partial charge is 0.458 e. The Morgan fingerprint density at radius 1 is 0.944 bits per heavy atom. The zero-order valence-corrected chi connectivity index (χ0v) is 21.6. The molecule has 1 atom stereocenters. The van der Waals surface area contributed by atoms with Crippen molar-refractivity contribution >= 4 is 17.6 Å². The van der Waals surface area contributed by atoms with Gasteiger partial charge in [-0.3, -0.25) is 4.79 Å². The highest BCUT2D eigenvalue weighted by molar-refractivity contribution is 5.97. The zero-order chi connectivity index (χ0) is 26.5. The van der Waals surface area contributed by atoms with Crippen LogP contribution in [0, 0.1) is 6.57 Å². The molecule has 0 aliphatic heterocycles. The number of nitrogens with zero attached hydrogens (tertiary/aromatic N) is 3. The lowest BCUT2D eigenvalue weighted by atomic mass is 9.86. The quantitative estimate of drug-likeness (QED) is 0.360. The summed E-state index contributed by atoms with van der Waals surface area (Å²) < 4.78 is 5.59. The molecule has 0 saturated heterocycles. The first-order chi connectivity index (χ1) is 16.9. The molecule has 0 unspecified atom stereocenters. The zero-order valence-electron chi connectivity index (χ0n) is 21.6. The van der Waals surface area contributed by atoms with Crippen LogP contribution in [0.1, 0.15) is 63.0 Å². The van der Waals surface area contributed by atoms with E-state index in [9.17, 15) is 9.59 Å². The second-order valence-corrected chi connectivity index (χ2v) is 10.7. The van der Waals surface area contributed by atoms with Gasteiger partial charge >= 0.3 is 5.97 Å². The summed E-state index contributed by atoms with van der Waals surface area (Å²) in [4.78, 5) is 37.7. The van der Waals surface area contributed by atoms with Crippen molar-refractivity contribution in [3.63, 3.8) is 0 Å². The summed E-state index contributed by atoms with van der Waals surface area (Å²) in [6.07, 6.45) is 3.22. The van der Waals surface area contributed by atoms with Crippen molar-refractivity contribution in [1.29, 1.82) is 0 Å². The van der Waals surface area contributed by atoms with Gasteiger partial charge in [0.15, 0.2) is 5.82 Å². The third kappa shape index (κ3) is 7.22. The fourth-order valence-corrected chi connectivity index (χ4v) is 3.48.